The highest BCUT2D eigenvalue weighted by atomic mass is 16.5. The van der Waals surface area contributed by atoms with E-state index in [2.05, 4.69) is 5.32 Å². The van der Waals surface area contributed by atoms with Crippen molar-refractivity contribution in [2.45, 2.75) is 25.5 Å². The largest absolute Gasteiger partial charge is 0.491 e. The fraction of sp³-hybridized carbons (Fsp3) is 0.300. The van der Waals surface area contributed by atoms with Crippen molar-refractivity contribution in [2.24, 2.45) is 5.73 Å². The summed E-state index contributed by atoms with van der Waals surface area (Å²) in [6, 6.07) is 13.9. The van der Waals surface area contributed by atoms with Gasteiger partial charge < -0.3 is 20.5 Å². The van der Waals surface area contributed by atoms with Gasteiger partial charge in [-0.15, -0.1) is 0 Å². The molecular formula is C20H22N2O4. The van der Waals surface area contributed by atoms with Crippen LogP contribution in [0.2, 0.25) is 0 Å². The van der Waals surface area contributed by atoms with Crippen LogP contribution in [0.15, 0.2) is 48.5 Å². The SMILES string of the molecule is NC(=O)c1cccc(CNC(=O)c2cccc(OCC3CCCO3)c2)c1. The number of primary amides is 1. The highest BCUT2D eigenvalue weighted by molar-refractivity contribution is 5.95. The van der Waals surface area contributed by atoms with E-state index in [1.165, 1.54) is 0 Å². The number of nitrogens with two attached hydrogens (primary N) is 1. The molecule has 1 aliphatic heterocycles. The van der Waals surface area contributed by atoms with E-state index >= 15 is 0 Å². The molecule has 0 radical (unpaired) electrons. The van der Waals surface area contributed by atoms with Crippen molar-refractivity contribution in [3.63, 3.8) is 0 Å². The van der Waals surface area contributed by atoms with Crippen molar-refractivity contribution in [3.05, 3.63) is 65.2 Å². The zero-order valence-electron chi connectivity index (χ0n) is 14.4. The third kappa shape index (κ3) is 4.83. The van der Waals surface area contributed by atoms with Gasteiger partial charge in [0.1, 0.15) is 12.4 Å². The van der Waals surface area contributed by atoms with Gasteiger partial charge in [-0.25, -0.2) is 0 Å². The van der Waals surface area contributed by atoms with E-state index in [0.29, 0.717) is 30.0 Å². The van der Waals surface area contributed by atoms with Crippen LogP contribution in [0.1, 0.15) is 39.1 Å². The second kappa shape index (κ2) is 8.49. The fourth-order valence-corrected chi connectivity index (χ4v) is 2.81. The number of nitrogens with one attached hydrogen (secondary N) is 1. The second-order valence-electron chi connectivity index (χ2n) is 6.22. The van der Waals surface area contributed by atoms with Gasteiger partial charge in [0.05, 0.1) is 6.10 Å². The summed E-state index contributed by atoms with van der Waals surface area (Å²) in [5.74, 6) is -0.0600. The first-order chi connectivity index (χ1) is 12.6. The van der Waals surface area contributed by atoms with Crippen molar-refractivity contribution in [3.8, 4) is 5.75 Å². The van der Waals surface area contributed by atoms with Crippen LogP contribution in [0.4, 0.5) is 0 Å². The summed E-state index contributed by atoms with van der Waals surface area (Å²) in [5.41, 5.74) is 7.01. The van der Waals surface area contributed by atoms with Gasteiger partial charge in [0.25, 0.3) is 5.91 Å². The quantitative estimate of drug-likeness (QED) is 0.798. The van der Waals surface area contributed by atoms with Crippen LogP contribution in [0.3, 0.4) is 0 Å². The van der Waals surface area contributed by atoms with Crippen LogP contribution >= 0.6 is 0 Å². The summed E-state index contributed by atoms with van der Waals surface area (Å²) < 4.78 is 11.3. The number of carbonyl (C=O) groups is 2. The predicted molar refractivity (Wildman–Crippen MR) is 97.0 cm³/mol. The molecular weight excluding hydrogens is 332 g/mol. The lowest BCUT2D eigenvalue weighted by molar-refractivity contribution is 0.0679. The van der Waals surface area contributed by atoms with E-state index in [4.69, 9.17) is 15.2 Å². The zero-order chi connectivity index (χ0) is 18.4. The van der Waals surface area contributed by atoms with Gasteiger partial charge in [-0.1, -0.05) is 18.2 Å². The summed E-state index contributed by atoms with van der Waals surface area (Å²) in [7, 11) is 0. The molecule has 1 atom stereocenters. The lowest BCUT2D eigenvalue weighted by atomic mass is 10.1. The molecule has 6 nitrogen and oxygen atoms in total. The number of benzene rings is 2. The highest BCUT2D eigenvalue weighted by Crippen LogP contribution is 2.17. The monoisotopic (exact) mass is 354 g/mol. The molecule has 0 aliphatic carbocycles. The maximum absolute atomic E-state index is 12.4. The molecule has 0 bridgehead atoms. The van der Waals surface area contributed by atoms with Crippen LogP contribution in [0.5, 0.6) is 5.75 Å². The van der Waals surface area contributed by atoms with E-state index in [1.54, 1.807) is 36.4 Å². The lowest BCUT2D eigenvalue weighted by Crippen LogP contribution is -2.23. The minimum absolute atomic E-state index is 0.130. The molecule has 136 valence electrons. The summed E-state index contributed by atoms with van der Waals surface area (Å²) in [6.07, 6.45) is 2.20. The Labute approximate surface area is 152 Å². The average molecular weight is 354 g/mol. The standard InChI is InChI=1S/C20H22N2O4/c21-19(23)15-5-1-4-14(10-15)12-22-20(24)16-6-2-7-17(11-16)26-13-18-8-3-9-25-18/h1-2,4-7,10-11,18H,3,8-9,12-13H2,(H2,21,23)(H,22,24). The van der Waals surface area contributed by atoms with Gasteiger partial charge in [0, 0.05) is 24.3 Å². The van der Waals surface area contributed by atoms with Crippen molar-refractivity contribution in [2.75, 3.05) is 13.2 Å². The highest BCUT2D eigenvalue weighted by Gasteiger charge is 2.16. The first-order valence-corrected chi connectivity index (χ1v) is 8.63. The number of ether oxygens (including phenoxy) is 2. The maximum atomic E-state index is 12.4. The van der Waals surface area contributed by atoms with E-state index in [0.717, 1.165) is 25.0 Å². The Balaban J connectivity index is 1.56. The fourth-order valence-electron chi connectivity index (χ4n) is 2.81. The van der Waals surface area contributed by atoms with Crippen LogP contribution < -0.4 is 15.8 Å². The number of amides is 2. The molecule has 1 unspecified atom stereocenters. The normalized spacial score (nSPS) is 16.2. The van der Waals surface area contributed by atoms with Crippen LogP contribution in [-0.2, 0) is 11.3 Å². The zero-order valence-corrected chi connectivity index (χ0v) is 14.4. The van der Waals surface area contributed by atoms with Gasteiger partial charge in [-0.05, 0) is 48.7 Å². The molecule has 1 aliphatic rings. The van der Waals surface area contributed by atoms with Crippen LogP contribution in [0.25, 0.3) is 0 Å². The molecule has 3 rings (SSSR count). The maximum Gasteiger partial charge on any atom is 0.251 e. The van der Waals surface area contributed by atoms with Gasteiger partial charge in [-0.3, -0.25) is 9.59 Å². The van der Waals surface area contributed by atoms with E-state index in [1.807, 2.05) is 12.1 Å². The number of hydrogen-bond donors (Lipinski definition) is 2. The number of rotatable bonds is 7. The third-order valence-corrected chi connectivity index (χ3v) is 4.22. The molecule has 26 heavy (non-hydrogen) atoms. The summed E-state index contributed by atoms with van der Waals surface area (Å²) in [6.45, 7) is 1.58. The van der Waals surface area contributed by atoms with E-state index in [-0.39, 0.29) is 12.0 Å². The summed E-state index contributed by atoms with van der Waals surface area (Å²) in [5, 5.41) is 2.83. The minimum Gasteiger partial charge on any atom is -0.491 e. The molecule has 0 aromatic heterocycles. The minimum atomic E-state index is -0.491. The second-order valence-corrected chi connectivity index (χ2v) is 6.22. The Hall–Kier alpha value is -2.86. The Morgan fingerprint density at radius 3 is 2.73 bits per heavy atom. The van der Waals surface area contributed by atoms with Crippen molar-refractivity contribution >= 4 is 11.8 Å². The van der Waals surface area contributed by atoms with Gasteiger partial charge in [-0.2, -0.15) is 0 Å². The van der Waals surface area contributed by atoms with Crippen molar-refractivity contribution in [1.29, 1.82) is 0 Å². The van der Waals surface area contributed by atoms with Crippen LogP contribution in [0, 0.1) is 0 Å². The van der Waals surface area contributed by atoms with E-state index in [9.17, 15) is 9.59 Å². The van der Waals surface area contributed by atoms with E-state index < -0.39 is 5.91 Å². The Morgan fingerprint density at radius 2 is 1.96 bits per heavy atom. The van der Waals surface area contributed by atoms with Crippen molar-refractivity contribution in [1.82, 2.24) is 5.32 Å². The molecule has 1 fully saturated rings. The summed E-state index contributed by atoms with van der Waals surface area (Å²) >= 11 is 0. The molecule has 0 saturated carbocycles. The smallest absolute Gasteiger partial charge is 0.251 e. The topological polar surface area (TPSA) is 90.7 Å². The molecule has 1 saturated heterocycles. The Kier molecular flexibility index (Phi) is 5.86. The van der Waals surface area contributed by atoms with Crippen molar-refractivity contribution < 1.29 is 19.1 Å². The van der Waals surface area contributed by atoms with Crippen LogP contribution in [-0.4, -0.2) is 31.1 Å². The summed E-state index contributed by atoms with van der Waals surface area (Å²) in [4.78, 5) is 23.6. The van der Waals surface area contributed by atoms with Gasteiger partial charge in [0.2, 0.25) is 5.91 Å². The predicted octanol–water partition coefficient (Wildman–Crippen LogP) is 2.27. The van der Waals surface area contributed by atoms with Gasteiger partial charge >= 0.3 is 0 Å². The molecule has 2 amide bonds. The average Bonchev–Trinajstić information content (AvgIpc) is 3.18. The molecule has 2 aromatic rings. The lowest BCUT2D eigenvalue weighted by Gasteiger charge is -2.12. The van der Waals surface area contributed by atoms with Gasteiger partial charge in [0.15, 0.2) is 0 Å². The Bertz CT molecular complexity index is 785. The first-order valence-electron chi connectivity index (χ1n) is 8.63. The first kappa shape index (κ1) is 17.9. The molecule has 3 N–H and O–H groups in total. The number of carbonyl (C=O) groups excluding carboxylic acids is 2. The molecule has 0 spiro atoms. The molecule has 1 heterocycles. The third-order valence-electron chi connectivity index (χ3n) is 4.22. The molecule has 6 heteroatoms. The molecule has 2 aromatic carbocycles. The Morgan fingerprint density at radius 1 is 1.15 bits per heavy atom. The number of hydrogen-bond acceptors (Lipinski definition) is 4.